The molecule has 4 aromatic rings. The van der Waals surface area contributed by atoms with Crippen LogP contribution in [0.1, 0.15) is 33.3 Å². The van der Waals surface area contributed by atoms with Crippen LogP contribution in [0.2, 0.25) is 0 Å². The van der Waals surface area contributed by atoms with Crippen molar-refractivity contribution in [1.29, 1.82) is 0 Å². The van der Waals surface area contributed by atoms with Gasteiger partial charge >= 0.3 is 0 Å². The van der Waals surface area contributed by atoms with Gasteiger partial charge in [-0.3, -0.25) is 14.5 Å². The number of nitrogens with zero attached hydrogens (tertiary/aromatic N) is 1. The van der Waals surface area contributed by atoms with Gasteiger partial charge in [-0.05, 0) is 60.5 Å². The lowest BCUT2D eigenvalue weighted by Crippen LogP contribution is -2.29. The second-order valence-corrected chi connectivity index (χ2v) is 8.76. The van der Waals surface area contributed by atoms with Crippen molar-refractivity contribution in [3.05, 3.63) is 97.8 Å². The normalized spacial score (nSPS) is 15.1. The maximum atomic E-state index is 13.7. The molecule has 1 aliphatic rings. The van der Waals surface area contributed by atoms with Crippen LogP contribution in [-0.2, 0) is 0 Å². The van der Waals surface area contributed by atoms with Gasteiger partial charge in [-0.1, -0.05) is 34.1 Å². The standard InChI is InChI=1S/C26H20BrNO5/c1-14-5-4-6-17(11-14)28-23(15-7-9-20(31-2)21(12-15)32-3)22-24(29)18-13-16(27)8-10-19(18)33-25(22)26(28)30/h4-13,23H,1-3H3. The van der Waals surface area contributed by atoms with Gasteiger partial charge in [-0.2, -0.15) is 0 Å². The van der Waals surface area contributed by atoms with Crippen molar-refractivity contribution < 1.29 is 18.7 Å². The summed E-state index contributed by atoms with van der Waals surface area (Å²) in [7, 11) is 3.11. The van der Waals surface area contributed by atoms with Crippen LogP contribution in [0.5, 0.6) is 11.5 Å². The van der Waals surface area contributed by atoms with Gasteiger partial charge in [-0.25, -0.2) is 0 Å². The molecule has 166 valence electrons. The number of amides is 1. The van der Waals surface area contributed by atoms with Crippen molar-refractivity contribution in [3.8, 4) is 11.5 Å². The van der Waals surface area contributed by atoms with E-state index >= 15 is 0 Å². The molecule has 0 saturated heterocycles. The maximum Gasteiger partial charge on any atom is 0.295 e. The summed E-state index contributed by atoms with van der Waals surface area (Å²) in [5.74, 6) is 0.754. The van der Waals surface area contributed by atoms with Crippen molar-refractivity contribution in [2.45, 2.75) is 13.0 Å². The zero-order chi connectivity index (χ0) is 23.3. The molecule has 6 nitrogen and oxygen atoms in total. The van der Waals surface area contributed by atoms with E-state index in [0.717, 1.165) is 10.0 Å². The average Bonchev–Trinajstić information content (AvgIpc) is 3.11. The van der Waals surface area contributed by atoms with Crippen LogP contribution in [0.15, 0.2) is 74.3 Å². The smallest absolute Gasteiger partial charge is 0.295 e. The van der Waals surface area contributed by atoms with Crippen LogP contribution >= 0.6 is 15.9 Å². The summed E-state index contributed by atoms with van der Waals surface area (Å²) in [6.07, 6.45) is 0. The zero-order valence-electron chi connectivity index (χ0n) is 18.2. The Balaban J connectivity index is 1.82. The molecule has 2 heterocycles. The number of methoxy groups -OCH3 is 2. The SMILES string of the molecule is COc1ccc(C2c3c(oc4ccc(Br)cc4c3=O)C(=O)N2c2cccc(C)c2)cc1OC. The number of fused-ring (bicyclic) bond motifs is 2. The molecule has 1 aliphatic heterocycles. The van der Waals surface area contributed by atoms with E-state index in [1.54, 1.807) is 49.5 Å². The fourth-order valence-electron chi connectivity index (χ4n) is 4.33. The van der Waals surface area contributed by atoms with Gasteiger partial charge in [0.1, 0.15) is 5.58 Å². The highest BCUT2D eigenvalue weighted by Gasteiger charge is 2.44. The molecule has 0 radical (unpaired) electrons. The quantitative estimate of drug-likeness (QED) is 0.359. The van der Waals surface area contributed by atoms with Gasteiger partial charge in [0, 0.05) is 10.2 Å². The van der Waals surface area contributed by atoms with E-state index in [1.807, 2.05) is 37.3 Å². The van der Waals surface area contributed by atoms with Gasteiger partial charge < -0.3 is 13.9 Å². The third-order valence-electron chi connectivity index (χ3n) is 5.84. The Morgan fingerprint density at radius 1 is 0.939 bits per heavy atom. The monoisotopic (exact) mass is 505 g/mol. The van der Waals surface area contributed by atoms with E-state index in [1.165, 1.54) is 0 Å². The maximum absolute atomic E-state index is 13.7. The molecule has 0 bridgehead atoms. The Labute approximate surface area is 198 Å². The minimum absolute atomic E-state index is 0.0520. The number of carbonyl (C=O) groups is 1. The lowest BCUT2D eigenvalue weighted by Gasteiger charge is -2.26. The Hall–Kier alpha value is -3.58. The van der Waals surface area contributed by atoms with Crippen LogP contribution in [0.4, 0.5) is 5.69 Å². The number of hydrogen-bond acceptors (Lipinski definition) is 5. The summed E-state index contributed by atoms with van der Waals surface area (Å²) in [6.45, 7) is 1.96. The summed E-state index contributed by atoms with van der Waals surface area (Å²) in [5, 5.41) is 0.410. The van der Waals surface area contributed by atoms with E-state index in [9.17, 15) is 9.59 Å². The number of anilines is 1. The van der Waals surface area contributed by atoms with Crippen LogP contribution in [0.25, 0.3) is 11.0 Å². The Morgan fingerprint density at radius 3 is 2.45 bits per heavy atom. The number of rotatable bonds is 4. The lowest BCUT2D eigenvalue weighted by molar-refractivity contribution is 0.0971. The summed E-state index contributed by atoms with van der Waals surface area (Å²) in [6, 6.07) is 17.5. The summed E-state index contributed by atoms with van der Waals surface area (Å²) >= 11 is 3.42. The predicted molar refractivity (Wildman–Crippen MR) is 130 cm³/mol. The molecule has 1 unspecified atom stereocenters. The Morgan fingerprint density at radius 2 is 1.73 bits per heavy atom. The predicted octanol–water partition coefficient (Wildman–Crippen LogP) is 5.63. The van der Waals surface area contributed by atoms with Gasteiger partial charge in [-0.15, -0.1) is 0 Å². The number of ether oxygens (including phenoxy) is 2. The van der Waals surface area contributed by atoms with Crippen molar-refractivity contribution in [2.75, 3.05) is 19.1 Å². The lowest BCUT2D eigenvalue weighted by atomic mass is 9.97. The largest absolute Gasteiger partial charge is 0.493 e. The van der Waals surface area contributed by atoms with Crippen LogP contribution in [0.3, 0.4) is 0 Å². The van der Waals surface area contributed by atoms with Crippen LogP contribution in [-0.4, -0.2) is 20.1 Å². The second-order valence-electron chi connectivity index (χ2n) is 7.85. The van der Waals surface area contributed by atoms with Crippen molar-refractivity contribution in [1.82, 2.24) is 0 Å². The summed E-state index contributed by atoms with van der Waals surface area (Å²) < 4.78 is 17.6. The Kier molecular flexibility index (Phi) is 5.21. The Bertz CT molecular complexity index is 1480. The highest BCUT2D eigenvalue weighted by Crippen LogP contribution is 2.43. The van der Waals surface area contributed by atoms with Gasteiger partial charge in [0.05, 0.1) is 31.2 Å². The van der Waals surface area contributed by atoms with Crippen LogP contribution in [0, 0.1) is 6.92 Å². The van der Waals surface area contributed by atoms with Crippen molar-refractivity contribution >= 4 is 38.5 Å². The zero-order valence-corrected chi connectivity index (χ0v) is 19.8. The number of carbonyl (C=O) groups excluding carboxylic acids is 1. The second kappa shape index (κ2) is 8.08. The minimum atomic E-state index is -0.686. The van der Waals surface area contributed by atoms with E-state index < -0.39 is 6.04 Å². The molecule has 33 heavy (non-hydrogen) atoms. The summed E-state index contributed by atoms with van der Waals surface area (Å²) in [4.78, 5) is 29.0. The topological polar surface area (TPSA) is 69.0 Å². The van der Waals surface area contributed by atoms with Crippen molar-refractivity contribution in [3.63, 3.8) is 0 Å². The average molecular weight is 506 g/mol. The third kappa shape index (κ3) is 3.40. The molecule has 0 spiro atoms. The molecule has 1 aromatic heterocycles. The number of benzene rings is 3. The third-order valence-corrected chi connectivity index (χ3v) is 6.33. The van der Waals surface area contributed by atoms with Gasteiger partial charge in [0.15, 0.2) is 16.9 Å². The van der Waals surface area contributed by atoms with E-state index in [-0.39, 0.29) is 17.1 Å². The van der Waals surface area contributed by atoms with E-state index in [2.05, 4.69) is 15.9 Å². The van der Waals surface area contributed by atoms with E-state index in [0.29, 0.717) is 39.3 Å². The molecule has 0 aliphatic carbocycles. The highest BCUT2D eigenvalue weighted by atomic mass is 79.9. The summed E-state index contributed by atoms with van der Waals surface area (Å²) in [5.41, 5.74) is 2.82. The molecular weight excluding hydrogens is 486 g/mol. The van der Waals surface area contributed by atoms with Crippen LogP contribution < -0.4 is 19.8 Å². The fourth-order valence-corrected chi connectivity index (χ4v) is 4.69. The molecule has 0 N–H and O–H groups in total. The first-order valence-electron chi connectivity index (χ1n) is 10.3. The number of aryl methyl sites for hydroxylation is 1. The van der Waals surface area contributed by atoms with Crippen molar-refractivity contribution in [2.24, 2.45) is 0 Å². The number of halogens is 1. The molecule has 3 aromatic carbocycles. The molecule has 0 fully saturated rings. The van der Waals surface area contributed by atoms with Gasteiger partial charge in [0.2, 0.25) is 5.76 Å². The molecular formula is C26H20BrNO5. The highest BCUT2D eigenvalue weighted by molar-refractivity contribution is 9.10. The first-order valence-corrected chi connectivity index (χ1v) is 11.1. The first kappa shape index (κ1) is 21.3. The molecule has 0 saturated carbocycles. The minimum Gasteiger partial charge on any atom is -0.493 e. The fraction of sp³-hybridized carbons (Fsp3) is 0.154. The first-order chi connectivity index (χ1) is 15.9. The molecule has 1 amide bonds. The molecule has 1 atom stereocenters. The molecule has 7 heteroatoms. The molecule has 5 rings (SSSR count). The number of hydrogen-bond donors (Lipinski definition) is 0. The van der Waals surface area contributed by atoms with Gasteiger partial charge in [0.25, 0.3) is 5.91 Å². The van der Waals surface area contributed by atoms with E-state index in [4.69, 9.17) is 13.9 Å².